The maximum absolute atomic E-state index is 12.5. The fourth-order valence-corrected chi connectivity index (χ4v) is 9.69. The Hall–Kier alpha value is -1.66. The van der Waals surface area contributed by atoms with Gasteiger partial charge < -0.3 is 20.3 Å². The molecule has 2 unspecified atom stereocenters. The molecule has 0 bridgehead atoms. The van der Waals surface area contributed by atoms with Crippen LogP contribution in [0.4, 0.5) is 0 Å². The Morgan fingerprint density at radius 2 is 0.681 bits per heavy atom. The third kappa shape index (κ3) is 55.5. The molecule has 6 nitrogen and oxygen atoms in total. The number of amides is 1. The van der Waals surface area contributed by atoms with Crippen molar-refractivity contribution in [2.24, 2.45) is 0 Å². The molecule has 0 rings (SSSR count). The molecule has 0 aromatic rings. The van der Waals surface area contributed by atoms with E-state index in [9.17, 15) is 19.8 Å². The Morgan fingerprint density at radius 3 is 1.03 bits per heavy atom. The van der Waals surface area contributed by atoms with Crippen molar-refractivity contribution in [2.75, 3.05) is 13.2 Å². The predicted molar refractivity (Wildman–Crippen MR) is 301 cm³/mol. The highest BCUT2D eigenvalue weighted by molar-refractivity contribution is 5.76. The van der Waals surface area contributed by atoms with E-state index in [1.807, 2.05) is 0 Å². The number of carbonyl (C=O) groups excluding carboxylic acids is 2. The van der Waals surface area contributed by atoms with E-state index in [1.165, 1.54) is 250 Å². The van der Waals surface area contributed by atoms with Crippen LogP contribution < -0.4 is 5.32 Å². The molecule has 2 atom stereocenters. The Labute approximate surface area is 431 Å². The zero-order valence-electron chi connectivity index (χ0n) is 46.6. The maximum Gasteiger partial charge on any atom is 0.305 e. The molecule has 0 saturated heterocycles. The normalized spacial score (nSPS) is 12.7. The number of hydrogen-bond acceptors (Lipinski definition) is 5. The van der Waals surface area contributed by atoms with Crippen molar-refractivity contribution in [3.05, 3.63) is 24.3 Å². The van der Waals surface area contributed by atoms with E-state index in [-0.39, 0.29) is 18.5 Å². The summed E-state index contributed by atoms with van der Waals surface area (Å²) < 4.78 is 5.49. The highest BCUT2D eigenvalue weighted by Crippen LogP contribution is 2.17. The summed E-state index contributed by atoms with van der Waals surface area (Å²) in [5.74, 6) is -0.0466. The second-order valence-electron chi connectivity index (χ2n) is 21.4. The molecule has 6 heteroatoms. The van der Waals surface area contributed by atoms with Gasteiger partial charge in [-0.2, -0.15) is 0 Å². The lowest BCUT2D eigenvalue weighted by molar-refractivity contribution is -0.143. The number of aliphatic hydroxyl groups excluding tert-OH is 2. The van der Waals surface area contributed by atoms with Crippen molar-refractivity contribution < 1.29 is 24.5 Å². The molecule has 0 aliphatic rings. The zero-order valence-corrected chi connectivity index (χ0v) is 46.6. The first kappa shape index (κ1) is 67.3. The minimum atomic E-state index is -0.672. The van der Waals surface area contributed by atoms with Crippen LogP contribution in [0.3, 0.4) is 0 Å². The van der Waals surface area contributed by atoms with Gasteiger partial charge in [-0.05, 0) is 77.0 Å². The van der Waals surface area contributed by atoms with Gasteiger partial charge in [-0.1, -0.05) is 276 Å². The van der Waals surface area contributed by atoms with Crippen LogP contribution in [-0.2, 0) is 14.3 Å². The first-order valence-corrected chi connectivity index (χ1v) is 31.1. The van der Waals surface area contributed by atoms with E-state index < -0.39 is 12.1 Å². The largest absolute Gasteiger partial charge is 0.466 e. The summed E-state index contributed by atoms with van der Waals surface area (Å²) in [6, 6.07) is -0.550. The van der Waals surface area contributed by atoms with Gasteiger partial charge in [0.1, 0.15) is 0 Å². The Balaban J connectivity index is 3.43. The van der Waals surface area contributed by atoms with Crippen molar-refractivity contribution in [2.45, 2.75) is 353 Å². The fraction of sp³-hybridized carbons (Fsp3) is 0.905. The Morgan fingerprint density at radius 1 is 0.391 bits per heavy atom. The summed E-state index contributed by atoms with van der Waals surface area (Å²) in [7, 11) is 0. The zero-order chi connectivity index (χ0) is 50.0. The van der Waals surface area contributed by atoms with Gasteiger partial charge in [0.15, 0.2) is 0 Å². The van der Waals surface area contributed by atoms with Crippen LogP contribution in [0.25, 0.3) is 0 Å². The number of esters is 1. The molecule has 0 aromatic heterocycles. The third-order valence-electron chi connectivity index (χ3n) is 14.5. The number of aliphatic hydroxyl groups is 2. The van der Waals surface area contributed by atoms with Crippen molar-refractivity contribution >= 4 is 11.9 Å². The van der Waals surface area contributed by atoms with Gasteiger partial charge in [0.2, 0.25) is 5.91 Å². The Kier molecular flexibility index (Phi) is 57.5. The monoisotopic (exact) mass is 972 g/mol. The van der Waals surface area contributed by atoms with E-state index in [0.717, 1.165) is 57.8 Å². The molecule has 408 valence electrons. The minimum absolute atomic E-state index is 0.00166. The van der Waals surface area contributed by atoms with E-state index in [2.05, 4.69) is 43.5 Å². The van der Waals surface area contributed by atoms with E-state index in [4.69, 9.17) is 4.74 Å². The third-order valence-corrected chi connectivity index (χ3v) is 14.5. The van der Waals surface area contributed by atoms with Gasteiger partial charge in [0, 0.05) is 12.8 Å². The lowest BCUT2D eigenvalue weighted by Gasteiger charge is -2.22. The number of hydrogen-bond donors (Lipinski definition) is 3. The minimum Gasteiger partial charge on any atom is -0.466 e. The molecule has 69 heavy (non-hydrogen) atoms. The molecular weight excluding hydrogens is 851 g/mol. The van der Waals surface area contributed by atoms with Crippen molar-refractivity contribution in [1.29, 1.82) is 0 Å². The summed E-state index contributed by atoms with van der Waals surface area (Å²) in [6.07, 6.45) is 71.8. The summed E-state index contributed by atoms with van der Waals surface area (Å²) in [4.78, 5) is 24.6. The van der Waals surface area contributed by atoms with Gasteiger partial charge in [-0.25, -0.2) is 0 Å². The average Bonchev–Trinajstić information content (AvgIpc) is 3.35. The summed E-state index contributed by atoms with van der Waals surface area (Å²) in [5, 5.41) is 23.3. The van der Waals surface area contributed by atoms with Crippen LogP contribution in [0.1, 0.15) is 341 Å². The first-order valence-electron chi connectivity index (χ1n) is 31.1. The molecule has 0 aliphatic carbocycles. The molecular formula is C63H121NO5. The van der Waals surface area contributed by atoms with Crippen molar-refractivity contribution in [1.82, 2.24) is 5.32 Å². The smallest absolute Gasteiger partial charge is 0.305 e. The standard InChI is InChI=1S/C63H121NO5/c1-3-5-7-9-11-13-15-17-19-21-22-25-29-33-37-41-45-49-53-57-63(68)69-58-54-50-46-42-38-34-30-26-23-24-28-32-36-40-44-48-52-56-62(67)64-60(59-65)61(66)55-51-47-43-39-35-31-27-20-18-16-14-12-10-8-6-4-2/h17,19,23,26,60-61,65-66H,3-16,18,20-22,24-25,27-59H2,1-2H3,(H,64,67)/b19-17-,26-23-. The van der Waals surface area contributed by atoms with Gasteiger partial charge in [-0.15, -0.1) is 0 Å². The van der Waals surface area contributed by atoms with Crippen LogP contribution in [0, 0.1) is 0 Å². The van der Waals surface area contributed by atoms with Crippen LogP contribution in [0.5, 0.6) is 0 Å². The second-order valence-corrected chi connectivity index (χ2v) is 21.4. The number of nitrogens with one attached hydrogen (secondary N) is 1. The lowest BCUT2D eigenvalue weighted by Crippen LogP contribution is -2.45. The van der Waals surface area contributed by atoms with Crippen molar-refractivity contribution in [3.63, 3.8) is 0 Å². The number of unbranched alkanes of at least 4 members (excludes halogenated alkanes) is 43. The van der Waals surface area contributed by atoms with E-state index in [0.29, 0.717) is 25.9 Å². The molecule has 0 aliphatic heterocycles. The quantitative estimate of drug-likeness (QED) is 0.0321. The summed E-state index contributed by atoms with van der Waals surface area (Å²) in [6.45, 7) is 4.95. The van der Waals surface area contributed by atoms with Gasteiger partial charge in [-0.3, -0.25) is 9.59 Å². The van der Waals surface area contributed by atoms with E-state index >= 15 is 0 Å². The average molecular weight is 973 g/mol. The van der Waals surface area contributed by atoms with E-state index in [1.54, 1.807) is 0 Å². The molecule has 0 spiro atoms. The fourth-order valence-electron chi connectivity index (χ4n) is 9.69. The molecule has 0 aromatic carbocycles. The van der Waals surface area contributed by atoms with Gasteiger partial charge >= 0.3 is 5.97 Å². The number of ether oxygens (including phenoxy) is 1. The molecule has 1 amide bonds. The predicted octanol–water partition coefficient (Wildman–Crippen LogP) is 19.4. The maximum atomic E-state index is 12.5. The van der Waals surface area contributed by atoms with Crippen molar-refractivity contribution in [3.8, 4) is 0 Å². The van der Waals surface area contributed by atoms with Crippen LogP contribution in [0.2, 0.25) is 0 Å². The molecule has 0 fully saturated rings. The molecule has 0 saturated carbocycles. The number of carbonyl (C=O) groups is 2. The number of rotatable bonds is 58. The highest BCUT2D eigenvalue weighted by atomic mass is 16.5. The number of allylic oxidation sites excluding steroid dienone is 4. The summed E-state index contributed by atoms with van der Waals surface area (Å²) in [5.41, 5.74) is 0. The van der Waals surface area contributed by atoms with Gasteiger partial charge in [0.05, 0.1) is 25.4 Å². The second kappa shape index (κ2) is 58.9. The molecule has 0 heterocycles. The lowest BCUT2D eigenvalue weighted by atomic mass is 10.0. The molecule has 3 N–H and O–H groups in total. The SMILES string of the molecule is CCCCCCCC/C=C\CCCCCCCCCCCC(=O)OCCCCCCCC/C=C\CCCCCCCCCC(=O)NC(CO)C(O)CCCCCCCCCCCCCCCCCC. The first-order chi connectivity index (χ1) is 34.0. The summed E-state index contributed by atoms with van der Waals surface area (Å²) >= 11 is 0. The Bertz CT molecular complexity index is 1080. The van der Waals surface area contributed by atoms with Crippen LogP contribution in [0.15, 0.2) is 24.3 Å². The van der Waals surface area contributed by atoms with Crippen LogP contribution >= 0.6 is 0 Å². The van der Waals surface area contributed by atoms with Crippen LogP contribution in [-0.4, -0.2) is 47.4 Å². The highest BCUT2D eigenvalue weighted by Gasteiger charge is 2.20. The topological polar surface area (TPSA) is 95.9 Å². The van der Waals surface area contributed by atoms with Gasteiger partial charge in [0.25, 0.3) is 0 Å². The molecule has 0 radical (unpaired) electrons.